The van der Waals surface area contributed by atoms with Crippen LogP contribution in [0.5, 0.6) is 11.6 Å². The van der Waals surface area contributed by atoms with Gasteiger partial charge in [-0.3, -0.25) is 0 Å². The number of fused-ring (bicyclic) bond motifs is 2. The number of amides is 3. The molecule has 4 aliphatic rings. The number of allylic oxidation sites excluding steroid dienone is 1. The van der Waals surface area contributed by atoms with Crippen molar-refractivity contribution in [1.82, 2.24) is 20.2 Å². The van der Waals surface area contributed by atoms with Gasteiger partial charge in [0.15, 0.2) is 0 Å². The number of nitrogens with one attached hydrogen (secondary N) is 2. The third-order valence-corrected chi connectivity index (χ3v) is 7.20. The van der Waals surface area contributed by atoms with Gasteiger partial charge in [-0.25, -0.2) is 19.6 Å². The lowest BCUT2D eigenvalue weighted by Crippen LogP contribution is -2.49. The molecular formula is C26H28N6O5. The van der Waals surface area contributed by atoms with Gasteiger partial charge < -0.3 is 34.6 Å². The average molecular weight is 505 g/mol. The number of nitrogens with zero attached hydrogens (tertiary/aromatic N) is 4. The van der Waals surface area contributed by atoms with Crippen LogP contribution in [-0.2, 0) is 11.2 Å². The summed E-state index contributed by atoms with van der Waals surface area (Å²) in [5, 5.41) is 5.81. The molecule has 0 spiro atoms. The minimum absolute atomic E-state index is 0.0552. The zero-order valence-electron chi connectivity index (χ0n) is 20.5. The SMILES string of the molecule is COc1ccc2c(c1)CCN(C1CCN(c3cc(OC4=CCC5NC(=O)OC5=C4)ncn3)CC1)C(=O)N2. The minimum Gasteiger partial charge on any atom is -0.497 e. The number of urea groups is 1. The highest BCUT2D eigenvalue weighted by Gasteiger charge is 2.32. The van der Waals surface area contributed by atoms with Crippen molar-refractivity contribution in [2.24, 2.45) is 0 Å². The van der Waals surface area contributed by atoms with E-state index in [0.29, 0.717) is 30.4 Å². The number of piperidine rings is 1. The van der Waals surface area contributed by atoms with Crippen LogP contribution < -0.4 is 25.0 Å². The van der Waals surface area contributed by atoms with Crippen molar-refractivity contribution in [1.29, 1.82) is 0 Å². The van der Waals surface area contributed by atoms with E-state index in [4.69, 9.17) is 14.2 Å². The largest absolute Gasteiger partial charge is 0.497 e. The molecule has 0 radical (unpaired) electrons. The molecule has 37 heavy (non-hydrogen) atoms. The van der Waals surface area contributed by atoms with Crippen molar-refractivity contribution >= 4 is 23.6 Å². The summed E-state index contributed by atoms with van der Waals surface area (Å²) in [4.78, 5) is 37.3. The Bertz CT molecular complexity index is 1290. The standard InChI is InChI=1S/C26H28N6O5/c1-35-18-2-4-20-16(12-18)6-11-32(25(33)29-20)17-7-9-31(10-8-17)23-14-24(28-15-27-23)36-19-3-5-21-22(13-19)37-26(34)30-21/h2-4,12-15,17,21H,5-11H2,1H3,(H,29,33)(H,30,34). The second-order valence-electron chi connectivity index (χ2n) is 9.41. The molecule has 1 unspecified atom stereocenters. The fraction of sp³-hybridized carbons (Fsp3) is 0.385. The molecule has 0 saturated carbocycles. The van der Waals surface area contributed by atoms with E-state index >= 15 is 0 Å². The molecule has 1 atom stereocenters. The molecule has 11 heteroatoms. The number of alkyl carbamates (subject to hydrolysis) is 1. The highest BCUT2D eigenvalue weighted by molar-refractivity contribution is 5.91. The highest BCUT2D eigenvalue weighted by atomic mass is 16.6. The molecule has 2 saturated heterocycles. The van der Waals surface area contributed by atoms with Crippen LogP contribution in [0.2, 0.25) is 0 Å². The van der Waals surface area contributed by atoms with Gasteiger partial charge in [-0.1, -0.05) is 0 Å². The highest BCUT2D eigenvalue weighted by Crippen LogP contribution is 2.30. The van der Waals surface area contributed by atoms with E-state index in [1.807, 2.05) is 35.2 Å². The Morgan fingerprint density at radius 1 is 1.11 bits per heavy atom. The van der Waals surface area contributed by atoms with Gasteiger partial charge in [0.1, 0.15) is 29.4 Å². The average Bonchev–Trinajstić information content (AvgIpc) is 3.20. The summed E-state index contributed by atoms with van der Waals surface area (Å²) in [6.07, 6.45) is 7.70. The first-order valence-corrected chi connectivity index (χ1v) is 12.5. The second kappa shape index (κ2) is 9.64. The Hall–Kier alpha value is -4.28. The summed E-state index contributed by atoms with van der Waals surface area (Å²) in [5.41, 5.74) is 1.93. The van der Waals surface area contributed by atoms with E-state index in [2.05, 4.69) is 25.5 Å². The smallest absolute Gasteiger partial charge is 0.412 e. The van der Waals surface area contributed by atoms with Gasteiger partial charge in [0.25, 0.3) is 0 Å². The molecule has 6 rings (SSSR count). The Balaban J connectivity index is 1.07. The van der Waals surface area contributed by atoms with Crippen molar-refractivity contribution in [2.75, 3.05) is 37.0 Å². The summed E-state index contributed by atoms with van der Waals surface area (Å²) in [6.45, 7) is 2.20. The number of methoxy groups -OCH3 is 1. The van der Waals surface area contributed by atoms with Crippen LogP contribution in [0.1, 0.15) is 24.8 Å². The number of anilines is 2. The lowest BCUT2D eigenvalue weighted by atomic mass is 10.0. The van der Waals surface area contributed by atoms with E-state index in [-0.39, 0.29) is 18.1 Å². The number of benzene rings is 1. The normalized spacial score (nSPS) is 21.5. The Morgan fingerprint density at radius 2 is 1.97 bits per heavy atom. The minimum atomic E-state index is -0.443. The Labute approximate surface area is 214 Å². The zero-order valence-corrected chi connectivity index (χ0v) is 20.5. The maximum absolute atomic E-state index is 13.0. The van der Waals surface area contributed by atoms with Crippen LogP contribution in [0.4, 0.5) is 21.1 Å². The van der Waals surface area contributed by atoms with Crippen LogP contribution in [0.3, 0.4) is 0 Å². The third kappa shape index (κ3) is 4.76. The van der Waals surface area contributed by atoms with Crippen LogP contribution in [0.15, 0.2) is 54.3 Å². The molecule has 2 N–H and O–H groups in total. The number of rotatable bonds is 5. The second-order valence-corrected chi connectivity index (χ2v) is 9.41. The molecule has 1 aromatic carbocycles. The molecule has 4 heterocycles. The van der Waals surface area contributed by atoms with E-state index in [9.17, 15) is 9.59 Å². The van der Waals surface area contributed by atoms with Crippen LogP contribution in [-0.4, -0.2) is 65.8 Å². The van der Waals surface area contributed by atoms with Gasteiger partial charge in [-0.2, -0.15) is 0 Å². The number of hydrogen-bond acceptors (Lipinski definition) is 8. The van der Waals surface area contributed by atoms with Gasteiger partial charge in [0.2, 0.25) is 5.88 Å². The predicted molar refractivity (Wildman–Crippen MR) is 135 cm³/mol. The lowest BCUT2D eigenvalue weighted by Gasteiger charge is -2.38. The third-order valence-electron chi connectivity index (χ3n) is 7.20. The van der Waals surface area contributed by atoms with Crippen LogP contribution in [0, 0.1) is 0 Å². The number of hydrogen-bond donors (Lipinski definition) is 2. The number of carbonyl (C=O) groups is 2. The molecule has 192 valence electrons. The van der Waals surface area contributed by atoms with Gasteiger partial charge in [0, 0.05) is 43.5 Å². The summed E-state index contributed by atoms with van der Waals surface area (Å²) in [6, 6.07) is 7.54. The molecule has 11 nitrogen and oxygen atoms in total. The fourth-order valence-electron chi connectivity index (χ4n) is 5.22. The Kier molecular flexibility index (Phi) is 6.03. The van der Waals surface area contributed by atoms with E-state index in [1.165, 1.54) is 6.33 Å². The summed E-state index contributed by atoms with van der Waals surface area (Å²) < 4.78 is 16.4. The van der Waals surface area contributed by atoms with E-state index < -0.39 is 6.09 Å². The summed E-state index contributed by atoms with van der Waals surface area (Å²) in [7, 11) is 1.65. The maximum Gasteiger partial charge on any atom is 0.412 e. The number of ether oxygens (including phenoxy) is 3. The fourth-order valence-corrected chi connectivity index (χ4v) is 5.22. The van der Waals surface area contributed by atoms with E-state index in [1.54, 1.807) is 13.2 Å². The molecule has 1 aliphatic carbocycles. The van der Waals surface area contributed by atoms with Gasteiger partial charge in [0.05, 0.1) is 13.2 Å². The van der Waals surface area contributed by atoms with Gasteiger partial charge >= 0.3 is 12.1 Å². The quantitative estimate of drug-likeness (QED) is 0.638. The molecule has 2 aromatic rings. The zero-order chi connectivity index (χ0) is 25.4. The van der Waals surface area contributed by atoms with Gasteiger partial charge in [-0.15, -0.1) is 0 Å². The van der Waals surface area contributed by atoms with Crippen LogP contribution in [0.25, 0.3) is 0 Å². The van der Waals surface area contributed by atoms with Crippen molar-refractivity contribution in [3.05, 3.63) is 59.8 Å². The molecule has 0 bridgehead atoms. The van der Waals surface area contributed by atoms with Gasteiger partial charge in [-0.05, 0) is 55.5 Å². The van der Waals surface area contributed by atoms with Crippen molar-refractivity contribution in [3.63, 3.8) is 0 Å². The number of carbonyl (C=O) groups excluding carboxylic acids is 2. The molecule has 1 aromatic heterocycles. The summed E-state index contributed by atoms with van der Waals surface area (Å²) in [5.74, 6) is 3.13. The first kappa shape index (κ1) is 23.1. The molecule has 2 fully saturated rings. The monoisotopic (exact) mass is 504 g/mol. The van der Waals surface area contributed by atoms with Crippen molar-refractivity contribution in [2.45, 2.75) is 37.8 Å². The summed E-state index contributed by atoms with van der Waals surface area (Å²) >= 11 is 0. The lowest BCUT2D eigenvalue weighted by molar-refractivity contribution is 0.177. The maximum atomic E-state index is 13.0. The predicted octanol–water partition coefficient (Wildman–Crippen LogP) is 3.20. The van der Waals surface area contributed by atoms with Crippen LogP contribution >= 0.6 is 0 Å². The first-order valence-electron chi connectivity index (χ1n) is 12.5. The van der Waals surface area contributed by atoms with E-state index in [0.717, 1.165) is 55.2 Å². The molecule has 3 aliphatic heterocycles. The Morgan fingerprint density at radius 3 is 2.81 bits per heavy atom. The topological polar surface area (TPSA) is 118 Å². The molecule has 3 amide bonds. The molecular weight excluding hydrogens is 476 g/mol. The first-order chi connectivity index (χ1) is 18.1. The van der Waals surface area contributed by atoms with Crippen molar-refractivity contribution in [3.8, 4) is 11.6 Å². The number of aromatic nitrogens is 2. The van der Waals surface area contributed by atoms with Crippen molar-refractivity contribution < 1.29 is 23.8 Å².